The molecule has 0 radical (unpaired) electrons. The van der Waals surface area contributed by atoms with E-state index in [0.717, 1.165) is 32.0 Å². The van der Waals surface area contributed by atoms with E-state index < -0.39 is 0 Å². The number of anilines is 1. The van der Waals surface area contributed by atoms with Gasteiger partial charge in [0.05, 0.1) is 0 Å². The van der Waals surface area contributed by atoms with Gasteiger partial charge >= 0.3 is 0 Å². The molecule has 1 aliphatic heterocycles. The first-order chi connectivity index (χ1) is 13.4. The van der Waals surface area contributed by atoms with Crippen LogP contribution < -0.4 is 4.90 Å². The summed E-state index contributed by atoms with van der Waals surface area (Å²) in [5, 5.41) is 2.52. The lowest BCUT2D eigenvalue weighted by molar-refractivity contribution is 0.180. The molecule has 0 amide bonds. The summed E-state index contributed by atoms with van der Waals surface area (Å²) in [5.74, 6) is 1.12. The highest BCUT2D eigenvalue weighted by molar-refractivity contribution is 5.92. The largest absolute Gasteiger partial charge is 0.353 e. The first-order valence-electron chi connectivity index (χ1n) is 10.3. The van der Waals surface area contributed by atoms with E-state index in [9.17, 15) is 0 Å². The quantitative estimate of drug-likeness (QED) is 0.626. The third-order valence-corrected chi connectivity index (χ3v) is 5.92. The monoisotopic (exact) mass is 373 g/mol. The number of benzene rings is 2. The summed E-state index contributed by atoms with van der Waals surface area (Å²) >= 11 is 0. The van der Waals surface area contributed by atoms with Crippen LogP contribution in [-0.2, 0) is 12.0 Å². The Morgan fingerprint density at radius 1 is 0.964 bits per heavy atom. The first-order valence-corrected chi connectivity index (χ1v) is 10.3. The van der Waals surface area contributed by atoms with Gasteiger partial charge in [-0.2, -0.15) is 0 Å². The zero-order valence-corrected chi connectivity index (χ0v) is 17.5. The third-order valence-electron chi connectivity index (χ3n) is 5.92. The molecule has 2 aromatic carbocycles. The number of piperazine rings is 1. The fourth-order valence-corrected chi connectivity index (χ4v) is 4.12. The van der Waals surface area contributed by atoms with Gasteiger partial charge in [-0.05, 0) is 34.9 Å². The molecule has 0 spiro atoms. The van der Waals surface area contributed by atoms with Crippen LogP contribution in [0.15, 0.2) is 60.8 Å². The van der Waals surface area contributed by atoms with Crippen molar-refractivity contribution >= 4 is 16.6 Å². The lowest BCUT2D eigenvalue weighted by Gasteiger charge is -2.40. The normalized spacial score (nSPS) is 18.6. The topological polar surface area (TPSA) is 19.4 Å². The molecule has 1 fully saturated rings. The second kappa shape index (κ2) is 7.56. The zero-order valence-electron chi connectivity index (χ0n) is 17.5. The molecule has 1 aromatic heterocycles. The number of hydrogen-bond donors (Lipinski definition) is 0. The summed E-state index contributed by atoms with van der Waals surface area (Å²) < 4.78 is 0. The number of hydrogen-bond acceptors (Lipinski definition) is 3. The Balaban J connectivity index is 1.45. The molecule has 1 aliphatic rings. The van der Waals surface area contributed by atoms with Gasteiger partial charge < -0.3 is 4.90 Å². The van der Waals surface area contributed by atoms with Gasteiger partial charge in [0.15, 0.2) is 0 Å². The van der Waals surface area contributed by atoms with Crippen molar-refractivity contribution in [1.82, 2.24) is 9.88 Å². The van der Waals surface area contributed by atoms with Crippen LogP contribution in [0.25, 0.3) is 10.8 Å². The Morgan fingerprint density at radius 3 is 2.43 bits per heavy atom. The van der Waals surface area contributed by atoms with Gasteiger partial charge in [0.1, 0.15) is 5.82 Å². The minimum Gasteiger partial charge on any atom is -0.353 e. The van der Waals surface area contributed by atoms with E-state index in [1.807, 2.05) is 6.20 Å². The molecule has 0 N–H and O–H groups in total. The van der Waals surface area contributed by atoms with Crippen molar-refractivity contribution in [3.8, 4) is 0 Å². The maximum atomic E-state index is 4.71. The van der Waals surface area contributed by atoms with Gasteiger partial charge in [-0.1, -0.05) is 69.3 Å². The maximum absolute atomic E-state index is 4.71. The van der Waals surface area contributed by atoms with Crippen LogP contribution in [0, 0.1) is 0 Å². The number of aromatic nitrogens is 1. The van der Waals surface area contributed by atoms with Crippen molar-refractivity contribution < 1.29 is 0 Å². The van der Waals surface area contributed by atoms with Crippen LogP contribution in [0.2, 0.25) is 0 Å². The van der Waals surface area contributed by atoms with Crippen molar-refractivity contribution in [2.24, 2.45) is 0 Å². The van der Waals surface area contributed by atoms with Gasteiger partial charge in [0.25, 0.3) is 0 Å². The molecule has 3 heteroatoms. The molecule has 0 aliphatic carbocycles. The minimum atomic E-state index is 0.211. The van der Waals surface area contributed by atoms with Crippen molar-refractivity contribution in [2.45, 2.75) is 45.7 Å². The molecule has 0 bridgehead atoms. The third kappa shape index (κ3) is 3.90. The van der Waals surface area contributed by atoms with Crippen molar-refractivity contribution in [2.75, 3.05) is 24.5 Å². The van der Waals surface area contributed by atoms with E-state index in [2.05, 4.69) is 92.1 Å². The Labute approximate surface area is 169 Å². The van der Waals surface area contributed by atoms with Gasteiger partial charge in [-0.25, -0.2) is 4.98 Å². The first kappa shape index (κ1) is 18.9. The smallest absolute Gasteiger partial charge is 0.136 e. The summed E-state index contributed by atoms with van der Waals surface area (Å²) in [5.41, 5.74) is 3.01. The average Bonchev–Trinajstić information content (AvgIpc) is 2.69. The van der Waals surface area contributed by atoms with Gasteiger partial charge in [0, 0.05) is 43.8 Å². The van der Waals surface area contributed by atoms with Gasteiger partial charge in [-0.15, -0.1) is 0 Å². The summed E-state index contributed by atoms with van der Waals surface area (Å²) in [4.78, 5) is 9.76. The van der Waals surface area contributed by atoms with Crippen LogP contribution in [0.3, 0.4) is 0 Å². The molecule has 3 nitrogen and oxygen atoms in total. The average molecular weight is 374 g/mol. The number of fused-ring (bicyclic) bond motifs is 1. The van der Waals surface area contributed by atoms with Crippen LogP contribution in [0.5, 0.6) is 0 Å². The van der Waals surface area contributed by atoms with Crippen molar-refractivity contribution in [3.05, 3.63) is 71.9 Å². The van der Waals surface area contributed by atoms with Crippen LogP contribution in [0.1, 0.15) is 38.8 Å². The highest BCUT2D eigenvalue weighted by Gasteiger charge is 2.25. The Hall–Kier alpha value is -2.39. The predicted octanol–water partition coefficient (Wildman–Crippen LogP) is 5.24. The standard InChI is InChI=1S/C25H31N3/c1-19-17-28(24-23-8-6-5-7-21(23)13-14-26-24)16-15-27(19)18-20-9-11-22(12-10-20)25(2,3)4/h5-14,19H,15-18H2,1-4H3/t19-/m1/s1. The van der Waals surface area contributed by atoms with E-state index >= 15 is 0 Å². The van der Waals surface area contributed by atoms with Crippen LogP contribution in [0.4, 0.5) is 5.82 Å². The highest BCUT2D eigenvalue weighted by Crippen LogP contribution is 2.27. The molecular formula is C25H31N3. The highest BCUT2D eigenvalue weighted by atomic mass is 15.3. The molecule has 1 atom stereocenters. The number of rotatable bonds is 3. The number of nitrogens with zero attached hydrogens (tertiary/aromatic N) is 3. The molecular weight excluding hydrogens is 342 g/mol. The fraction of sp³-hybridized carbons (Fsp3) is 0.400. The Morgan fingerprint density at radius 2 is 1.71 bits per heavy atom. The SMILES string of the molecule is C[C@@H]1CN(c2nccc3ccccc23)CCN1Cc1ccc(C(C)(C)C)cc1. The lowest BCUT2D eigenvalue weighted by atomic mass is 9.86. The summed E-state index contributed by atoms with van der Waals surface area (Å²) in [6.07, 6.45) is 1.94. The van der Waals surface area contributed by atoms with Crippen LogP contribution >= 0.6 is 0 Å². The van der Waals surface area contributed by atoms with E-state index in [1.165, 1.54) is 21.9 Å². The zero-order chi connectivity index (χ0) is 19.7. The molecule has 0 unspecified atom stereocenters. The van der Waals surface area contributed by atoms with E-state index in [1.54, 1.807) is 0 Å². The second-order valence-electron chi connectivity index (χ2n) is 9.07. The molecule has 1 saturated heterocycles. The maximum Gasteiger partial charge on any atom is 0.136 e. The Kier molecular flexibility index (Phi) is 5.11. The van der Waals surface area contributed by atoms with Crippen molar-refractivity contribution in [1.29, 1.82) is 0 Å². The molecule has 146 valence electrons. The minimum absolute atomic E-state index is 0.211. The molecule has 2 heterocycles. The lowest BCUT2D eigenvalue weighted by Crippen LogP contribution is -2.51. The number of pyridine rings is 1. The van der Waals surface area contributed by atoms with Crippen molar-refractivity contribution in [3.63, 3.8) is 0 Å². The molecule has 4 rings (SSSR count). The molecule has 3 aromatic rings. The van der Waals surface area contributed by atoms with E-state index in [0.29, 0.717) is 6.04 Å². The van der Waals surface area contributed by atoms with Crippen LogP contribution in [-0.4, -0.2) is 35.6 Å². The van der Waals surface area contributed by atoms with Gasteiger partial charge in [-0.3, -0.25) is 4.90 Å². The summed E-state index contributed by atoms with van der Waals surface area (Å²) in [6.45, 7) is 13.3. The van der Waals surface area contributed by atoms with E-state index in [4.69, 9.17) is 4.98 Å². The summed E-state index contributed by atoms with van der Waals surface area (Å²) in [6, 6.07) is 20.3. The summed E-state index contributed by atoms with van der Waals surface area (Å²) in [7, 11) is 0. The molecule has 28 heavy (non-hydrogen) atoms. The van der Waals surface area contributed by atoms with Gasteiger partial charge in [0.2, 0.25) is 0 Å². The van der Waals surface area contributed by atoms with E-state index in [-0.39, 0.29) is 5.41 Å². The Bertz CT molecular complexity index is 935. The second-order valence-corrected chi connectivity index (χ2v) is 9.07. The predicted molar refractivity (Wildman–Crippen MR) is 119 cm³/mol. The fourth-order valence-electron chi connectivity index (χ4n) is 4.12. The molecule has 0 saturated carbocycles.